The lowest BCUT2D eigenvalue weighted by molar-refractivity contribution is -0.145. The first kappa shape index (κ1) is 10.5. The second-order valence-corrected chi connectivity index (χ2v) is 3.74. The van der Waals surface area contributed by atoms with Crippen LogP contribution in [0.2, 0.25) is 0 Å². The fourth-order valence-corrected chi connectivity index (χ4v) is 1.75. The van der Waals surface area contributed by atoms with Crippen LogP contribution in [0.15, 0.2) is 0 Å². The monoisotopic (exact) mass is 185 g/mol. The highest BCUT2D eigenvalue weighted by molar-refractivity contribution is 5.68. The molecule has 76 valence electrons. The van der Waals surface area contributed by atoms with Crippen LogP contribution in [0.25, 0.3) is 0 Å². The number of esters is 1. The van der Waals surface area contributed by atoms with Gasteiger partial charge in [-0.3, -0.25) is 4.79 Å². The molecule has 1 aliphatic carbocycles. The first-order valence-electron chi connectivity index (χ1n) is 5.15. The second-order valence-electron chi connectivity index (χ2n) is 3.74. The molecule has 1 fully saturated rings. The van der Waals surface area contributed by atoms with Gasteiger partial charge in [-0.1, -0.05) is 19.8 Å². The lowest BCUT2D eigenvalue weighted by atomic mass is 9.86. The Morgan fingerprint density at radius 3 is 2.77 bits per heavy atom. The summed E-state index contributed by atoms with van der Waals surface area (Å²) >= 11 is 0. The summed E-state index contributed by atoms with van der Waals surface area (Å²) in [5.41, 5.74) is 5.92. The fourth-order valence-electron chi connectivity index (χ4n) is 1.75. The summed E-state index contributed by atoms with van der Waals surface area (Å²) in [4.78, 5) is 10.9. The lowest BCUT2D eigenvalue weighted by Crippen LogP contribution is -2.36. The summed E-state index contributed by atoms with van der Waals surface area (Å²) in [5.74, 6) is 0.280. The third kappa shape index (κ3) is 3.35. The number of nitrogens with two attached hydrogens (primary N) is 1. The molecule has 1 aliphatic rings. The van der Waals surface area contributed by atoms with Gasteiger partial charge in [-0.25, -0.2) is 0 Å². The average molecular weight is 185 g/mol. The Labute approximate surface area is 79.6 Å². The Balaban J connectivity index is 2.22. The van der Waals surface area contributed by atoms with E-state index in [4.69, 9.17) is 10.5 Å². The molecular formula is C10H19NO2. The Morgan fingerprint density at radius 2 is 2.15 bits per heavy atom. The van der Waals surface area contributed by atoms with Gasteiger partial charge in [-0.05, 0) is 12.8 Å². The predicted molar refractivity (Wildman–Crippen MR) is 51.2 cm³/mol. The molecule has 0 radical (unpaired) electrons. The van der Waals surface area contributed by atoms with Crippen LogP contribution in [-0.4, -0.2) is 18.6 Å². The Morgan fingerprint density at radius 1 is 1.46 bits per heavy atom. The molecule has 0 bridgehead atoms. The number of carbonyl (C=O) groups excluding carboxylic acids is 1. The molecule has 0 aromatic carbocycles. The fraction of sp³-hybridized carbons (Fsp3) is 0.900. The van der Waals surface area contributed by atoms with Gasteiger partial charge in [0.1, 0.15) is 0 Å². The quantitative estimate of drug-likeness (QED) is 0.677. The smallest absolute Gasteiger partial charge is 0.305 e. The van der Waals surface area contributed by atoms with Crippen molar-refractivity contribution in [2.24, 2.45) is 11.7 Å². The molecule has 13 heavy (non-hydrogen) atoms. The van der Waals surface area contributed by atoms with Gasteiger partial charge in [0.2, 0.25) is 0 Å². The molecule has 0 saturated heterocycles. The summed E-state index contributed by atoms with van der Waals surface area (Å²) < 4.78 is 5.08. The van der Waals surface area contributed by atoms with Gasteiger partial charge in [0.05, 0.1) is 6.61 Å². The summed E-state index contributed by atoms with van der Waals surface area (Å²) in [5, 5.41) is 0. The van der Waals surface area contributed by atoms with Crippen molar-refractivity contribution in [3.8, 4) is 0 Å². The van der Waals surface area contributed by atoms with Gasteiger partial charge in [0.25, 0.3) is 0 Å². The van der Waals surface area contributed by atoms with Crippen LogP contribution in [0.3, 0.4) is 0 Å². The van der Waals surface area contributed by atoms with Crippen molar-refractivity contribution < 1.29 is 9.53 Å². The summed E-state index contributed by atoms with van der Waals surface area (Å²) in [6.45, 7) is 2.33. The predicted octanol–water partition coefficient (Wildman–Crippen LogP) is 1.46. The number of ether oxygens (including phenoxy) is 1. The molecule has 0 unspecified atom stereocenters. The number of carbonyl (C=O) groups is 1. The van der Waals surface area contributed by atoms with Gasteiger partial charge in [0.15, 0.2) is 0 Å². The van der Waals surface area contributed by atoms with Crippen LogP contribution < -0.4 is 5.73 Å². The summed E-state index contributed by atoms with van der Waals surface area (Å²) in [6.07, 6.45) is 5.09. The van der Waals surface area contributed by atoms with Crippen LogP contribution in [0.1, 0.15) is 39.0 Å². The van der Waals surface area contributed by atoms with E-state index < -0.39 is 0 Å². The van der Waals surface area contributed by atoms with Crippen molar-refractivity contribution in [1.29, 1.82) is 0 Å². The molecule has 0 aromatic heterocycles. The highest BCUT2D eigenvalue weighted by Gasteiger charge is 2.22. The molecule has 2 atom stereocenters. The first-order chi connectivity index (χ1) is 6.24. The van der Waals surface area contributed by atoms with Gasteiger partial charge >= 0.3 is 5.97 Å². The number of hydrogen-bond acceptors (Lipinski definition) is 3. The maximum atomic E-state index is 10.9. The normalized spacial score (nSPS) is 28.5. The van der Waals surface area contributed by atoms with E-state index in [-0.39, 0.29) is 12.0 Å². The minimum atomic E-state index is -0.113. The van der Waals surface area contributed by atoms with Crippen LogP contribution in [0.5, 0.6) is 0 Å². The zero-order valence-electron chi connectivity index (χ0n) is 8.29. The molecule has 1 saturated carbocycles. The van der Waals surface area contributed by atoms with E-state index in [1.807, 2.05) is 6.92 Å². The van der Waals surface area contributed by atoms with Gasteiger partial charge in [0, 0.05) is 18.4 Å². The number of hydrogen-bond donors (Lipinski definition) is 1. The van der Waals surface area contributed by atoms with Crippen molar-refractivity contribution in [1.82, 2.24) is 0 Å². The Hall–Kier alpha value is -0.570. The second kappa shape index (κ2) is 5.22. The van der Waals surface area contributed by atoms with Crippen LogP contribution in [-0.2, 0) is 9.53 Å². The molecule has 0 spiro atoms. The largest absolute Gasteiger partial charge is 0.465 e. The van der Waals surface area contributed by atoms with Gasteiger partial charge in [-0.15, -0.1) is 0 Å². The van der Waals surface area contributed by atoms with E-state index in [9.17, 15) is 4.79 Å². The maximum Gasteiger partial charge on any atom is 0.305 e. The van der Waals surface area contributed by atoms with E-state index in [2.05, 4.69) is 0 Å². The van der Waals surface area contributed by atoms with Crippen LogP contribution >= 0.6 is 0 Å². The SMILES string of the molecule is CCC(=O)OC[C@H]1CCCC[C@@H]1N. The molecule has 2 N–H and O–H groups in total. The van der Waals surface area contributed by atoms with Crippen molar-refractivity contribution >= 4 is 5.97 Å². The van der Waals surface area contributed by atoms with Crippen molar-refractivity contribution in [3.63, 3.8) is 0 Å². The topological polar surface area (TPSA) is 52.3 Å². The Kier molecular flexibility index (Phi) is 4.22. The molecule has 3 heteroatoms. The first-order valence-corrected chi connectivity index (χ1v) is 5.15. The van der Waals surface area contributed by atoms with Crippen molar-refractivity contribution in [3.05, 3.63) is 0 Å². The van der Waals surface area contributed by atoms with Crippen LogP contribution in [0, 0.1) is 5.92 Å². The van der Waals surface area contributed by atoms with E-state index in [0.29, 0.717) is 18.9 Å². The molecule has 1 rings (SSSR count). The van der Waals surface area contributed by atoms with E-state index in [0.717, 1.165) is 12.8 Å². The minimum Gasteiger partial charge on any atom is -0.465 e. The zero-order chi connectivity index (χ0) is 9.68. The van der Waals surface area contributed by atoms with Gasteiger partial charge < -0.3 is 10.5 Å². The molecule has 3 nitrogen and oxygen atoms in total. The lowest BCUT2D eigenvalue weighted by Gasteiger charge is -2.27. The molecule has 0 amide bonds. The van der Waals surface area contributed by atoms with Crippen molar-refractivity contribution in [2.75, 3.05) is 6.61 Å². The van der Waals surface area contributed by atoms with Crippen LogP contribution in [0.4, 0.5) is 0 Å². The summed E-state index contributed by atoms with van der Waals surface area (Å²) in [6, 6.07) is 0.235. The molecular weight excluding hydrogens is 166 g/mol. The highest BCUT2D eigenvalue weighted by atomic mass is 16.5. The van der Waals surface area contributed by atoms with E-state index in [1.54, 1.807) is 0 Å². The van der Waals surface area contributed by atoms with Gasteiger partial charge in [-0.2, -0.15) is 0 Å². The standard InChI is InChI=1S/C10H19NO2/c1-2-10(12)13-7-8-5-3-4-6-9(8)11/h8-9H,2-7,11H2,1H3/t8-,9+/m1/s1. The zero-order valence-corrected chi connectivity index (χ0v) is 8.29. The maximum absolute atomic E-state index is 10.9. The summed E-state index contributed by atoms with van der Waals surface area (Å²) in [7, 11) is 0. The molecule has 0 aromatic rings. The third-order valence-electron chi connectivity index (χ3n) is 2.71. The third-order valence-corrected chi connectivity index (χ3v) is 2.71. The average Bonchev–Trinajstić information content (AvgIpc) is 2.16. The minimum absolute atomic E-state index is 0.113. The Bertz CT molecular complexity index is 170. The molecule has 0 aliphatic heterocycles. The van der Waals surface area contributed by atoms with E-state index in [1.165, 1.54) is 12.8 Å². The highest BCUT2D eigenvalue weighted by Crippen LogP contribution is 2.23. The molecule has 0 heterocycles. The van der Waals surface area contributed by atoms with Crippen molar-refractivity contribution in [2.45, 2.75) is 45.1 Å². The van der Waals surface area contributed by atoms with E-state index >= 15 is 0 Å². The number of rotatable bonds is 3.